The first kappa shape index (κ1) is 17.5. The second-order valence-corrected chi connectivity index (χ2v) is 6.96. The minimum Gasteiger partial charge on any atom is -0.376 e. The molecule has 0 unspecified atom stereocenters. The summed E-state index contributed by atoms with van der Waals surface area (Å²) in [7, 11) is 3.88. The Hall–Kier alpha value is -2.92. The van der Waals surface area contributed by atoms with Crippen LogP contribution in [-0.2, 0) is 17.8 Å². The number of fused-ring (bicyclic) bond motifs is 1. The van der Waals surface area contributed by atoms with E-state index in [1.807, 2.05) is 31.1 Å². The molecule has 0 N–H and O–H groups in total. The first-order valence-electron chi connectivity index (χ1n) is 9.16. The molecule has 0 atom stereocenters. The molecule has 0 aliphatic carbocycles. The van der Waals surface area contributed by atoms with Crippen molar-refractivity contribution in [3.05, 3.63) is 35.2 Å². The largest absolute Gasteiger partial charge is 0.376 e. The van der Waals surface area contributed by atoms with Crippen molar-refractivity contribution in [3.63, 3.8) is 0 Å². The fourth-order valence-corrected chi connectivity index (χ4v) is 3.48. The van der Waals surface area contributed by atoms with Gasteiger partial charge < -0.3 is 19.4 Å². The quantitative estimate of drug-likeness (QED) is 0.803. The zero-order valence-corrected chi connectivity index (χ0v) is 15.7. The van der Waals surface area contributed by atoms with E-state index in [9.17, 15) is 5.26 Å². The molecule has 0 bridgehead atoms. The standard InChI is InChI=1S/C19H23N7O/c1-24(2)19-21-5-3-17(23-19)25-6-8-26(9-7-25)18-14(12-20)11-15-13-27-10-4-16(15)22-18/h3,5,11H,4,6-10,13H2,1-2H3. The summed E-state index contributed by atoms with van der Waals surface area (Å²) in [6.07, 6.45) is 2.60. The van der Waals surface area contributed by atoms with E-state index in [1.165, 1.54) is 0 Å². The smallest absolute Gasteiger partial charge is 0.226 e. The van der Waals surface area contributed by atoms with Gasteiger partial charge in [-0.05, 0) is 12.1 Å². The van der Waals surface area contributed by atoms with Gasteiger partial charge in [0.2, 0.25) is 5.95 Å². The van der Waals surface area contributed by atoms with Crippen LogP contribution in [0.4, 0.5) is 17.6 Å². The van der Waals surface area contributed by atoms with Crippen LogP contribution in [0.2, 0.25) is 0 Å². The fourth-order valence-electron chi connectivity index (χ4n) is 3.48. The maximum Gasteiger partial charge on any atom is 0.226 e. The molecular formula is C19H23N7O. The van der Waals surface area contributed by atoms with E-state index in [0.717, 1.165) is 55.5 Å². The molecule has 4 heterocycles. The van der Waals surface area contributed by atoms with E-state index in [4.69, 9.17) is 9.72 Å². The number of hydrogen-bond donors (Lipinski definition) is 0. The molecule has 1 fully saturated rings. The number of pyridine rings is 1. The maximum absolute atomic E-state index is 9.57. The number of nitrogens with zero attached hydrogens (tertiary/aromatic N) is 7. The molecule has 27 heavy (non-hydrogen) atoms. The molecule has 0 aromatic carbocycles. The second-order valence-electron chi connectivity index (χ2n) is 6.96. The van der Waals surface area contributed by atoms with E-state index < -0.39 is 0 Å². The van der Waals surface area contributed by atoms with Crippen LogP contribution in [0.1, 0.15) is 16.8 Å². The first-order chi connectivity index (χ1) is 13.2. The number of piperazine rings is 1. The molecular weight excluding hydrogens is 342 g/mol. The Bertz CT molecular complexity index is 869. The molecule has 8 heteroatoms. The number of nitriles is 1. The first-order valence-corrected chi connectivity index (χ1v) is 9.16. The van der Waals surface area contributed by atoms with Crippen LogP contribution in [-0.4, -0.2) is 61.8 Å². The molecule has 8 nitrogen and oxygen atoms in total. The van der Waals surface area contributed by atoms with Crippen molar-refractivity contribution < 1.29 is 4.74 Å². The summed E-state index contributed by atoms with van der Waals surface area (Å²) in [5.74, 6) is 2.44. The Morgan fingerprint density at radius 2 is 1.93 bits per heavy atom. The predicted octanol–water partition coefficient (Wildman–Crippen LogP) is 1.21. The molecule has 0 radical (unpaired) electrons. The monoisotopic (exact) mass is 365 g/mol. The number of ether oxygens (including phenoxy) is 1. The molecule has 0 amide bonds. The molecule has 4 rings (SSSR count). The Morgan fingerprint density at radius 1 is 1.15 bits per heavy atom. The van der Waals surface area contributed by atoms with Crippen molar-refractivity contribution in [3.8, 4) is 6.07 Å². The van der Waals surface area contributed by atoms with Crippen LogP contribution in [0.3, 0.4) is 0 Å². The zero-order chi connectivity index (χ0) is 18.8. The fraction of sp³-hybridized carbons (Fsp3) is 0.474. The van der Waals surface area contributed by atoms with Gasteiger partial charge in [0.15, 0.2) is 0 Å². The Morgan fingerprint density at radius 3 is 2.67 bits per heavy atom. The lowest BCUT2D eigenvalue weighted by atomic mass is 10.1. The van der Waals surface area contributed by atoms with Crippen molar-refractivity contribution in [2.24, 2.45) is 0 Å². The van der Waals surface area contributed by atoms with E-state index in [-0.39, 0.29) is 0 Å². The molecule has 140 valence electrons. The van der Waals surface area contributed by atoms with E-state index >= 15 is 0 Å². The van der Waals surface area contributed by atoms with Gasteiger partial charge in [0, 0.05) is 58.5 Å². The summed E-state index contributed by atoms with van der Waals surface area (Å²) in [5, 5.41) is 9.57. The molecule has 1 saturated heterocycles. The van der Waals surface area contributed by atoms with Gasteiger partial charge in [0.25, 0.3) is 0 Å². The molecule has 2 aliphatic heterocycles. The number of anilines is 3. The van der Waals surface area contributed by atoms with Crippen molar-refractivity contribution in [1.82, 2.24) is 15.0 Å². The SMILES string of the molecule is CN(C)c1nccc(N2CCN(c3nc4c(cc3C#N)COCC4)CC2)n1. The third-order valence-corrected chi connectivity index (χ3v) is 4.96. The normalized spacial score (nSPS) is 16.6. The van der Waals surface area contributed by atoms with E-state index in [2.05, 4.69) is 25.8 Å². The third-order valence-electron chi connectivity index (χ3n) is 4.96. The van der Waals surface area contributed by atoms with E-state index in [0.29, 0.717) is 24.7 Å². The van der Waals surface area contributed by atoms with Crippen LogP contribution in [0.25, 0.3) is 0 Å². The van der Waals surface area contributed by atoms with Crippen LogP contribution in [0.15, 0.2) is 18.3 Å². The highest BCUT2D eigenvalue weighted by Crippen LogP contribution is 2.26. The number of rotatable bonds is 3. The minimum absolute atomic E-state index is 0.549. The highest BCUT2D eigenvalue weighted by molar-refractivity contribution is 5.57. The van der Waals surface area contributed by atoms with Gasteiger partial charge in [0.1, 0.15) is 17.7 Å². The topological polar surface area (TPSA) is 81.4 Å². The third kappa shape index (κ3) is 3.51. The van der Waals surface area contributed by atoms with E-state index in [1.54, 1.807) is 6.20 Å². The van der Waals surface area contributed by atoms with Gasteiger partial charge in [0.05, 0.1) is 24.5 Å². The Balaban J connectivity index is 1.51. The summed E-state index contributed by atoms with van der Waals surface area (Å²) in [6, 6.07) is 6.19. The van der Waals surface area contributed by atoms with Gasteiger partial charge in [-0.3, -0.25) is 0 Å². The van der Waals surface area contributed by atoms with Crippen LogP contribution in [0, 0.1) is 11.3 Å². The average molecular weight is 365 g/mol. The average Bonchev–Trinajstić information content (AvgIpc) is 2.73. The molecule has 2 aromatic rings. The van der Waals surface area contributed by atoms with Crippen molar-refractivity contribution >= 4 is 17.6 Å². The van der Waals surface area contributed by atoms with Crippen LogP contribution >= 0.6 is 0 Å². The van der Waals surface area contributed by atoms with Crippen molar-refractivity contribution in [1.29, 1.82) is 5.26 Å². The predicted molar refractivity (Wildman–Crippen MR) is 103 cm³/mol. The van der Waals surface area contributed by atoms with Gasteiger partial charge in [-0.2, -0.15) is 10.2 Å². The lowest BCUT2D eigenvalue weighted by Crippen LogP contribution is -2.47. The lowest BCUT2D eigenvalue weighted by molar-refractivity contribution is 0.109. The number of hydrogen-bond acceptors (Lipinski definition) is 8. The highest BCUT2D eigenvalue weighted by Gasteiger charge is 2.24. The Labute approximate surface area is 159 Å². The van der Waals surface area contributed by atoms with Gasteiger partial charge in [-0.15, -0.1) is 0 Å². The van der Waals surface area contributed by atoms with Crippen LogP contribution < -0.4 is 14.7 Å². The van der Waals surface area contributed by atoms with Crippen molar-refractivity contribution in [2.45, 2.75) is 13.0 Å². The maximum atomic E-state index is 9.57. The van der Waals surface area contributed by atoms with Gasteiger partial charge >= 0.3 is 0 Å². The van der Waals surface area contributed by atoms with Gasteiger partial charge in [-0.1, -0.05) is 0 Å². The Kier molecular flexibility index (Phi) is 4.77. The molecule has 2 aromatic heterocycles. The lowest BCUT2D eigenvalue weighted by Gasteiger charge is -2.37. The second kappa shape index (κ2) is 7.37. The number of aromatic nitrogens is 3. The minimum atomic E-state index is 0.549. The zero-order valence-electron chi connectivity index (χ0n) is 15.7. The van der Waals surface area contributed by atoms with Crippen LogP contribution in [0.5, 0.6) is 0 Å². The summed E-state index contributed by atoms with van der Waals surface area (Å²) in [5.41, 5.74) is 2.73. The molecule has 2 aliphatic rings. The molecule has 0 spiro atoms. The summed E-state index contributed by atoms with van der Waals surface area (Å²) in [6.45, 7) is 4.51. The van der Waals surface area contributed by atoms with Crippen molar-refractivity contribution in [2.75, 3.05) is 61.6 Å². The van der Waals surface area contributed by atoms with Gasteiger partial charge in [-0.25, -0.2) is 9.97 Å². The summed E-state index contributed by atoms with van der Waals surface area (Å²) in [4.78, 5) is 20.1. The highest BCUT2D eigenvalue weighted by atomic mass is 16.5. The summed E-state index contributed by atoms with van der Waals surface area (Å²) >= 11 is 0. The molecule has 0 saturated carbocycles. The summed E-state index contributed by atoms with van der Waals surface area (Å²) < 4.78 is 5.49.